The number of anilines is 1. The quantitative estimate of drug-likeness (QED) is 0.377. The summed E-state index contributed by atoms with van der Waals surface area (Å²) in [5.74, 6) is -0.424. The van der Waals surface area contributed by atoms with Gasteiger partial charge in [0.15, 0.2) is 5.82 Å². The van der Waals surface area contributed by atoms with Gasteiger partial charge in [0.2, 0.25) is 5.88 Å². The lowest BCUT2D eigenvalue weighted by molar-refractivity contribution is 0.387. The largest absolute Gasteiger partial charge is 0.480 e. The average molecular weight is 445 g/mol. The number of pyridine rings is 1. The van der Waals surface area contributed by atoms with Gasteiger partial charge in [0.05, 0.1) is 33.8 Å². The van der Waals surface area contributed by atoms with Crippen LogP contribution >= 0.6 is 23.5 Å². The molecule has 2 heterocycles. The molecule has 4 rings (SSSR count). The van der Waals surface area contributed by atoms with Gasteiger partial charge < -0.3 is 9.46 Å². The fraction of sp³-hybridized carbons (Fsp3) is 0.0952. The molecule has 0 spiro atoms. The van der Waals surface area contributed by atoms with Crippen molar-refractivity contribution in [1.82, 2.24) is 15.0 Å². The Bertz CT molecular complexity index is 1260. The number of rotatable bonds is 5. The van der Waals surface area contributed by atoms with Crippen molar-refractivity contribution >= 4 is 40.1 Å². The van der Waals surface area contributed by atoms with Gasteiger partial charge in [-0.05, 0) is 54.8 Å². The molecule has 5 nitrogen and oxygen atoms in total. The molecule has 9 heteroatoms. The first-order chi connectivity index (χ1) is 14.5. The van der Waals surface area contributed by atoms with Gasteiger partial charge in [0, 0.05) is 17.8 Å². The molecule has 0 amide bonds. The molecule has 0 aliphatic carbocycles. The Hall–Kier alpha value is -2.97. The van der Waals surface area contributed by atoms with Crippen LogP contribution in [0, 0.1) is 18.6 Å². The van der Waals surface area contributed by atoms with Crippen molar-refractivity contribution in [3.05, 3.63) is 71.3 Å². The van der Waals surface area contributed by atoms with Crippen molar-refractivity contribution in [2.45, 2.75) is 11.8 Å². The molecule has 0 radical (unpaired) electrons. The Kier molecular flexibility index (Phi) is 5.69. The normalized spacial score (nSPS) is 11.0. The number of hydrogen-bond acceptors (Lipinski definition) is 6. The standard InChI is InChI=1S/C21H15ClF2N4OS/c1-11-25-9-13-7-12(3-5-16(13)27-11)19-15(23)4-6-17(20(19)24)28-30-18-8-14(22)10-26-21(18)29-2/h3-10,28H,1-2H3. The van der Waals surface area contributed by atoms with E-state index in [0.717, 1.165) is 11.9 Å². The highest BCUT2D eigenvalue weighted by molar-refractivity contribution is 8.00. The van der Waals surface area contributed by atoms with Crippen molar-refractivity contribution in [3.63, 3.8) is 0 Å². The summed E-state index contributed by atoms with van der Waals surface area (Å²) in [5.41, 5.74) is 1.07. The number of aryl methyl sites for hydroxylation is 1. The van der Waals surface area contributed by atoms with Crippen molar-refractivity contribution in [1.29, 1.82) is 0 Å². The predicted molar refractivity (Wildman–Crippen MR) is 115 cm³/mol. The van der Waals surface area contributed by atoms with Crippen LogP contribution in [0.15, 0.2) is 53.7 Å². The minimum absolute atomic E-state index is 0.110. The monoisotopic (exact) mass is 444 g/mol. The second-order valence-corrected chi connectivity index (χ2v) is 7.62. The van der Waals surface area contributed by atoms with Crippen molar-refractivity contribution in [3.8, 4) is 17.0 Å². The first-order valence-corrected chi connectivity index (χ1v) is 10.00. The van der Waals surface area contributed by atoms with E-state index in [1.165, 1.54) is 25.4 Å². The topological polar surface area (TPSA) is 59.9 Å². The van der Waals surface area contributed by atoms with E-state index in [4.69, 9.17) is 16.3 Å². The Balaban J connectivity index is 1.69. The molecule has 2 aromatic heterocycles. The minimum Gasteiger partial charge on any atom is -0.480 e. The number of benzene rings is 2. The fourth-order valence-electron chi connectivity index (χ4n) is 2.92. The van der Waals surface area contributed by atoms with Crippen LogP contribution in [0.1, 0.15) is 5.82 Å². The Morgan fingerprint density at radius 3 is 2.70 bits per heavy atom. The summed E-state index contributed by atoms with van der Waals surface area (Å²) < 4.78 is 37.9. The summed E-state index contributed by atoms with van der Waals surface area (Å²) in [6.07, 6.45) is 3.08. The third-order valence-corrected chi connectivity index (χ3v) is 5.37. The number of fused-ring (bicyclic) bond motifs is 1. The number of hydrogen-bond donors (Lipinski definition) is 1. The van der Waals surface area contributed by atoms with E-state index in [9.17, 15) is 4.39 Å². The Labute approximate surface area is 180 Å². The second kappa shape index (κ2) is 8.41. The lowest BCUT2D eigenvalue weighted by Crippen LogP contribution is -1.98. The lowest BCUT2D eigenvalue weighted by atomic mass is 10.0. The Morgan fingerprint density at radius 2 is 1.90 bits per heavy atom. The second-order valence-electron chi connectivity index (χ2n) is 6.34. The van der Waals surface area contributed by atoms with Gasteiger partial charge in [-0.2, -0.15) is 0 Å². The fourth-order valence-corrected chi connectivity index (χ4v) is 3.93. The molecule has 0 bridgehead atoms. The first kappa shape index (κ1) is 20.3. The van der Waals surface area contributed by atoms with Crippen LogP contribution in [0.5, 0.6) is 5.88 Å². The zero-order valence-electron chi connectivity index (χ0n) is 15.9. The summed E-state index contributed by atoms with van der Waals surface area (Å²) in [6, 6.07) is 9.20. The van der Waals surface area contributed by atoms with Gasteiger partial charge in [-0.3, -0.25) is 0 Å². The molecule has 30 heavy (non-hydrogen) atoms. The third-order valence-electron chi connectivity index (χ3n) is 4.33. The van der Waals surface area contributed by atoms with Gasteiger partial charge >= 0.3 is 0 Å². The first-order valence-electron chi connectivity index (χ1n) is 8.80. The van der Waals surface area contributed by atoms with Gasteiger partial charge in [0.25, 0.3) is 0 Å². The minimum atomic E-state index is -0.719. The summed E-state index contributed by atoms with van der Waals surface area (Å²) in [4.78, 5) is 13.1. The van der Waals surface area contributed by atoms with Gasteiger partial charge in [-0.15, -0.1) is 0 Å². The molecule has 0 unspecified atom stereocenters. The number of nitrogens with zero attached hydrogens (tertiary/aromatic N) is 3. The summed E-state index contributed by atoms with van der Waals surface area (Å²) in [6.45, 7) is 1.78. The molecular formula is C21H15ClF2N4OS. The molecule has 1 N–H and O–H groups in total. The number of methoxy groups -OCH3 is 1. The molecule has 4 aromatic rings. The van der Waals surface area contributed by atoms with Crippen LogP contribution in [0.2, 0.25) is 5.02 Å². The molecule has 0 saturated carbocycles. The Morgan fingerprint density at radius 1 is 1.07 bits per heavy atom. The molecule has 0 aliphatic heterocycles. The highest BCUT2D eigenvalue weighted by atomic mass is 35.5. The maximum absolute atomic E-state index is 15.2. The van der Waals surface area contributed by atoms with Crippen LogP contribution in [0.25, 0.3) is 22.0 Å². The smallest absolute Gasteiger partial charge is 0.228 e. The highest BCUT2D eigenvalue weighted by Gasteiger charge is 2.17. The molecule has 152 valence electrons. The van der Waals surface area contributed by atoms with Crippen molar-refractivity contribution in [2.24, 2.45) is 0 Å². The average Bonchev–Trinajstić information content (AvgIpc) is 2.73. The number of halogens is 3. The van der Waals surface area contributed by atoms with E-state index in [-0.39, 0.29) is 11.3 Å². The number of ether oxygens (including phenoxy) is 1. The predicted octanol–water partition coefficient (Wildman–Crippen LogP) is 6.06. The third kappa shape index (κ3) is 4.01. The van der Waals surface area contributed by atoms with E-state index in [0.29, 0.717) is 38.1 Å². The number of aromatic nitrogens is 3. The van der Waals surface area contributed by atoms with Crippen LogP contribution in [-0.2, 0) is 0 Å². The van der Waals surface area contributed by atoms with Crippen molar-refractivity contribution < 1.29 is 13.5 Å². The maximum atomic E-state index is 15.2. The summed E-state index contributed by atoms with van der Waals surface area (Å²) in [7, 11) is 1.47. The summed E-state index contributed by atoms with van der Waals surface area (Å²) in [5, 5.41) is 1.10. The van der Waals surface area contributed by atoms with Crippen LogP contribution in [0.4, 0.5) is 14.5 Å². The zero-order chi connectivity index (χ0) is 21.3. The van der Waals surface area contributed by atoms with E-state index in [2.05, 4.69) is 19.7 Å². The molecule has 0 aliphatic rings. The van der Waals surface area contributed by atoms with E-state index >= 15 is 4.39 Å². The molecule has 2 aromatic carbocycles. The van der Waals surface area contributed by atoms with E-state index in [1.54, 1.807) is 37.4 Å². The highest BCUT2D eigenvalue weighted by Crippen LogP contribution is 2.35. The van der Waals surface area contributed by atoms with Gasteiger partial charge in [-0.25, -0.2) is 23.7 Å². The SMILES string of the molecule is COc1ncc(Cl)cc1SNc1ccc(F)c(-c2ccc3nc(C)ncc3c2)c1F. The van der Waals surface area contributed by atoms with Gasteiger partial charge in [0.1, 0.15) is 11.6 Å². The zero-order valence-corrected chi connectivity index (χ0v) is 17.5. The van der Waals surface area contributed by atoms with Crippen LogP contribution in [-0.4, -0.2) is 22.1 Å². The molecule has 0 saturated heterocycles. The molecule has 0 fully saturated rings. The van der Waals surface area contributed by atoms with E-state index < -0.39 is 11.6 Å². The van der Waals surface area contributed by atoms with Crippen molar-refractivity contribution in [2.75, 3.05) is 11.8 Å². The lowest BCUT2D eigenvalue weighted by Gasteiger charge is -2.13. The maximum Gasteiger partial charge on any atom is 0.228 e. The van der Waals surface area contributed by atoms with Gasteiger partial charge in [-0.1, -0.05) is 17.7 Å². The molecule has 0 atom stereocenters. The van der Waals surface area contributed by atoms with E-state index in [1.807, 2.05) is 0 Å². The van der Waals surface area contributed by atoms with Crippen LogP contribution in [0.3, 0.4) is 0 Å². The number of nitrogens with one attached hydrogen (secondary N) is 1. The summed E-state index contributed by atoms with van der Waals surface area (Å²) >= 11 is 7.04. The molecular weight excluding hydrogens is 430 g/mol. The van der Waals surface area contributed by atoms with Crippen LogP contribution < -0.4 is 9.46 Å².